The number of aliphatic carboxylic acids is 1. The van der Waals surface area contributed by atoms with Crippen LogP contribution in [0.25, 0.3) is 5.57 Å². The van der Waals surface area contributed by atoms with E-state index in [0.29, 0.717) is 38.6 Å². The third-order valence-corrected chi connectivity index (χ3v) is 8.43. The van der Waals surface area contributed by atoms with Crippen molar-refractivity contribution >= 4 is 63.9 Å². The summed E-state index contributed by atoms with van der Waals surface area (Å²) in [5.41, 5.74) is 5.38. The summed E-state index contributed by atoms with van der Waals surface area (Å²) >= 11 is 25.1. The van der Waals surface area contributed by atoms with Gasteiger partial charge >= 0.3 is 5.97 Å². The first-order valence-corrected chi connectivity index (χ1v) is 14.9. The number of nitrogens with zero attached hydrogens (tertiary/aromatic N) is 2. The molecule has 42 heavy (non-hydrogen) atoms. The Labute approximate surface area is 263 Å². The Morgan fingerprint density at radius 1 is 1.00 bits per heavy atom. The van der Waals surface area contributed by atoms with Gasteiger partial charge in [0.2, 0.25) is 0 Å². The van der Waals surface area contributed by atoms with Crippen molar-refractivity contribution in [1.29, 1.82) is 0 Å². The van der Waals surface area contributed by atoms with Gasteiger partial charge in [-0.25, -0.2) is 0 Å². The lowest BCUT2D eigenvalue weighted by atomic mass is 9.89. The van der Waals surface area contributed by atoms with E-state index in [1.807, 2.05) is 41.1 Å². The molecule has 0 saturated heterocycles. The molecule has 0 spiro atoms. The number of hydrogen-bond acceptors (Lipinski definition) is 3. The standard InChI is InChI=1S/C32H27Cl4N3O3/c33-25-13-24(14-26(34)16-25)29-17-30(21-7-5-20(6-8-21)23-9-10-27(35)28(36)15-23)39(38-29)18-19-1-3-22(4-2-19)32(42)37-12-11-31(40)41/h1-5,7-10,13,15-17,20,24H,6,11-12,14,18H2,(H,37,42)(H,40,41). The van der Waals surface area contributed by atoms with Gasteiger partial charge in [-0.2, -0.15) is 5.10 Å². The first-order valence-electron chi connectivity index (χ1n) is 13.4. The van der Waals surface area contributed by atoms with Crippen LogP contribution in [0.4, 0.5) is 0 Å². The number of carbonyl (C=O) groups excluding carboxylic acids is 1. The third-order valence-electron chi connectivity index (χ3n) is 7.19. The molecule has 216 valence electrons. The van der Waals surface area contributed by atoms with Crippen LogP contribution >= 0.6 is 46.4 Å². The van der Waals surface area contributed by atoms with Crippen LogP contribution in [0.3, 0.4) is 0 Å². The number of rotatable bonds is 9. The Morgan fingerprint density at radius 2 is 1.79 bits per heavy atom. The van der Waals surface area contributed by atoms with Crippen molar-refractivity contribution in [3.05, 3.63) is 127 Å². The van der Waals surface area contributed by atoms with Crippen LogP contribution in [0.5, 0.6) is 0 Å². The fourth-order valence-electron chi connectivity index (χ4n) is 5.00. The molecule has 1 heterocycles. The van der Waals surface area contributed by atoms with Gasteiger partial charge in [-0.3, -0.25) is 14.3 Å². The predicted molar refractivity (Wildman–Crippen MR) is 169 cm³/mol. The summed E-state index contributed by atoms with van der Waals surface area (Å²) in [5, 5.41) is 18.7. The number of hydrogen-bond donors (Lipinski definition) is 2. The lowest BCUT2D eigenvalue weighted by molar-refractivity contribution is -0.136. The van der Waals surface area contributed by atoms with E-state index in [-0.39, 0.29) is 30.7 Å². The van der Waals surface area contributed by atoms with E-state index in [4.69, 9.17) is 56.6 Å². The number of nitrogens with one attached hydrogen (secondary N) is 1. The number of carboxylic acids is 1. The van der Waals surface area contributed by atoms with E-state index in [0.717, 1.165) is 34.5 Å². The molecule has 2 unspecified atom stereocenters. The predicted octanol–water partition coefficient (Wildman–Crippen LogP) is 8.30. The SMILES string of the molecule is O=C(O)CCNC(=O)c1ccc(Cn2nc(C3C=C(Cl)C=C(Cl)C3)cc2C2=CCC(c3ccc(Cl)c(Cl)c3)C=C2)cc1. The van der Waals surface area contributed by atoms with Gasteiger partial charge in [0.15, 0.2) is 0 Å². The van der Waals surface area contributed by atoms with Crippen LogP contribution in [-0.2, 0) is 11.3 Å². The number of halogens is 4. The number of benzene rings is 2. The molecule has 3 aromatic rings. The Kier molecular flexibility index (Phi) is 9.59. The third kappa shape index (κ3) is 7.37. The smallest absolute Gasteiger partial charge is 0.305 e. The largest absolute Gasteiger partial charge is 0.481 e. The number of allylic oxidation sites excluding steroid dienone is 8. The van der Waals surface area contributed by atoms with Gasteiger partial charge in [-0.1, -0.05) is 88.9 Å². The summed E-state index contributed by atoms with van der Waals surface area (Å²) in [6.07, 6.45) is 11.5. The molecule has 6 nitrogen and oxygen atoms in total. The molecule has 10 heteroatoms. The molecular weight excluding hydrogens is 616 g/mol. The molecular formula is C32H27Cl4N3O3. The van der Waals surface area contributed by atoms with Crippen LogP contribution in [0.1, 0.15) is 64.0 Å². The molecule has 2 N–H and O–H groups in total. The molecule has 1 aromatic heterocycles. The molecule has 0 fully saturated rings. The van der Waals surface area contributed by atoms with Gasteiger partial charge in [0.25, 0.3) is 5.91 Å². The fourth-order valence-corrected chi connectivity index (χ4v) is 5.93. The average molecular weight is 643 g/mol. The first-order chi connectivity index (χ1) is 20.2. The molecule has 1 amide bonds. The van der Waals surface area contributed by atoms with Gasteiger partial charge in [0.05, 0.1) is 34.4 Å². The van der Waals surface area contributed by atoms with Gasteiger partial charge in [0, 0.05) is 34.0 Å². The number of amides is 1. The van der Waals surface area contributed by atoms with Crippen molar-refractivity contribution in [2.45, 2.75) is 37.6 Å². The molecule has 2 aromatic carbocycles. The van der Waals surface area contributed by atoms with E-state index < -0.39 is 5.97 Å². The van der Waals surface area contributed by atoms with Crippen LogP contribution in [0.2, 0.25) is 10.0 Å². The Hall–Kier alpha value is -3.29. The summed E-state index contributed by atoms with van der Waals surface area (Å²) in [6.45, 7) is 0.550. The molecule has 0 radical (unpaired) electrons. The first kappa shape index (κ1) is 30.2. The zero-order chi connectivity index (χ0) is 29.8. The quantitative estimate of drug-likeness (QED) is 0.246. The highest BCUT2D eigenvalue weighted by Gasteiger charge is 2.23. The van der Waals surface area contributed by atoms with Crippen molar-refractivity contribution in [3.63, 3.8) is 0 Å². The maximum atomic E-state index is 12.4. The Morgan fingerprint density at radius 3 is 2.45 bits per heavy atom. The number of carboxylic acid groups (broad SMARTS) is 1. The molecule has 0 bridgehead atoms. The molecule has 0 saturated carbocycles. The van der Waals surface area contributed by atoms with Crippen LogP contribution in [0, 0.1) is 0 Å². The normalized spacial score (nSPS) is 18.2. The minimum absolute atomic E-state index is 0.0518. The van der Waals surface area contributed by atoms with Crippen molar-refractivity contribution in [2.24, 2.45) is 0 Å². The maximum Gasteiger partial charge on any atom is 0.305 e. The maximum absolute atomic E-state index is 12.4. The van der Waals surface area contributed by atoms with Gasteiger partial charge in [0.1, 0.15) is 0 Å². The van der Waals surface area contributed by atoms with Gasteiger partial charge < -0.3 is 10.4 Å². The second-order valence-electron chi connectivity index (χ2n) is 10.2. The fraction of sp³-hybridized carbons (Fsp3) is 0.219. The van der Waals surface area contributed by atoms with Gasteiger partial charge in [-0.15, -0.1) is 0 Å². The van der Waals surface area contributed by atoms with E-state index in [9.17, 15) is 9.59 Å². The molecule has 2 aliphatic rings. The van der Waals surface area contributed by atoms with Crippen LogP contribution in [-0.4, -0.2) is 33.3 Å². The summed E-state index contributed by atoms with van der Waals surface area (Å²) < 4.78 is 1.96. The van der Waals surface area contributed by atoms with Crippen molar-refractivity contribution in [2.75, 3.05) is 6.54 Å². The number of carbonyl (C=O) groups is 2. The molecule has 0 aliphatic heterocycles. The highest BCUT2D eigenvalue weighted by atomic mass is 35.5. The van der Waals surface area contributed by atoms with Crippen LogP contribution < -0.4 is 5.32 Å². The summed E-state index contributed by atoms with van der Waals surface area (Å²) in [7, 11) is 0. The van der Waals surface area contributed by atoms with Crippen molar-refractivity contribution in [3.8, 4) is 0 Å². The highest BCUT2D eigenvalue weighted by Crippen LogP contribution is 2.37. The van der Waals surface area contributed by atoms with E-state index in [1.165, 1.54) is 0 Å². The topological polar surface area (TPSA) is 84.2 Å². The summed E-state index contributed by atoms with van der Waals surface area (Å²) in [6, 6.07) is 15.0. The van der Waals surface area contributed by atoms with Crippen molar-refractivity contribution in [1.82, 2.24) is 15.1 Å². The number of aromatic nitrogens is 2. The van der Waals surface area contributed by atoms with E-state index in [1.54, 1.807) is 18.2 Å². The minimum atomic E-state index is -0.961. The zero-order valence-corrected chi connectivity index (χ0v) is 25.4. The zero-order valence-electron chi connectivity index (χ0n) is 22.4. The van der Waals surface area contributed by atoms with Gasteiger partial charge in [-0.05, 0) is 65.9 Å². The average Bonchev–Trinajstić information content (AvgIpc) is 3.38. The van der Waals surface area contributed by atoms with Crippen molar-refractivity contribution < 1.29 is 14.7 Å². The Balaban J connectivity index is 1.38. The molecule has 2 aliphatic carbocycles. The summed E-state index contributed by atoms with van der Waals surface area (Å²) in [4.78, 5) is 23.1. The lowest BCUT2D eigenvalue weighted by Crippen LogP contribution is -2.25. The second kappa shape index (κ2) is 13.3. The van der Waals surface area contributed by atoms with Crippen LogP contribution in [0.15, 0.2) is 89.0 Å². The second-order valence-corrected chi connectivity index (χ2v) is 11.9. The molecule has 5 rings (SSSR count). The minimum Gasteiger partial charge on any atom is -0.481 e. The van der Waals surface area contributed by atoms with E-state index >= 15 is 0 Å². The Bertz CT molecular complexity index is 1640. The summed E-state index contributed by atoms with van der Waals surface area (Å²) in [5.74, 6) is -1.15. The lowest BCUT2D eigenvalue weighted by Gasteiger charge is -2.18. The monoisotopic (exact) mass is 641 g/mol. The van der Waals surface area contributed by atoms with E-state index in [2.05, 4.69) is 29.6 Å². The highest BCUT2D eigenvalue weighted by molar-refractivity contribution is 6.42. The molecule has 2 atom stereocenters.